The second kappa shape index (κ2) is 3.28. The molecule has 0 aliphatic heterocycles. The maximum absolute atomic E-state index is 8.81. The summed E-state index contributed by atoms with van der Waals surface area (Å²) >= 11 is 0. The molecule has 0 spiro atoms. The standard InChI is InChI=1S/C11H15O/c1-11(2,3)10-6-4-9(8-12)5-7-10/h4-6,12H,8H2,1-3H3. The molecule has 0 unspecified atom stereocenters. The van der Waals surface area contributed by atoms with E-state index in [1.54, 1.807) is 0 Å². The van der Waals surface area contributed by atoms with Gasteiger partial charge in [-0.3, -0.25) is 0 Å². The number of rotatable bonds is 1. The first kappa shape index (κ1) is 9.27. The van der Waals surface area contributed by atoms with E-state index in [0.29, 0.717) is 0 Å². The third-order valence-corrected chi connectivity index (χ3v) is 1.87. The molecule has 65 valence electrons. The van der Waals surface area contributed by atoms with Crippen LogP contribution in [0.1, 0.15) is 31.9 Å². The van der Waals surface area contributed by atoms with Gasteiger partial charge in [0.15, 0.2) is 0 Å². The molecule has 0 aliphatic rings. The second-order valence-electron chi connectivity index (χ2n) is 4.02. The van der Waals surface area contributed by atoms with Crippen LogP contribution in [0.5, 0.6) is 0 Å². The topological polar surface area (TPSA) is 20.2 Å². The van der Waals surface area contributed by atoms with Crippen molar-refractivity contribution in [2.45, 2.75) is 32.8 Å². The molecule has 0 aromatic heterocycles. The molecule has 1 heteroatoms. The summed E-state index contributed by atoms with van der Waals surface area (Å²) in [5.41, 5.74) is 2.25. The molecular weight excluding hydrogens is 148 g/mol. The van der Waals surface area contributed by atoms with E-state index in [-0.39, 0.29) is 12.0 Å². The van der Waals surface area contributed by atoms with Gasteiger partial charge in [-0.05, 0) is 28.7 Å². The molecule has 0 saturated heterocycles. The molecule has 0 atom stereocenters. The van der Waals surface area contributed by atoms with Gasteiger partial charge >= 0.3 is 0 Å². The molecule has 0 fully saturated rings. The van der Waals surface area contributed by atoms with E-state index in [1.807, 2.05) is 18.2 Å². The maximum atomic E-state index is 8.81. The van der Waals surface area contributed by atoms with Gasteiger partial charge in [-0.2, -0.15) is 0 Å². The molecule has 1 rings (SSSR count). The minimum absolute atomic E-state index is 0.0981. The van der Waals surface area contributed by atoms with Crippen LogP contribution in [0.2, 0.25) is 0 Å². The van der Waals surface area contributed by atoms with Crippen LogP contribution in [0.15, 0.2) is 18.2 Å². The highest BCUT2D eigenvalue weighted by Gasteiger charge is 2.12. The molecular formula is C11H15O. The number of hydrogen-bond donors (Lipinski definition) is 1. The van der Waals surface area contributed by atoms with Crippen LogP contribution in [0.3, 0.4) is 0 Å². The number of aliphatic hydroxyl groups excluding tert-OH is 1. The van der Waals surface area contributed by atoms with Gasteiger partial charge in [0, 0.05) is 0 Å². The average molecular weight is 163 g/mol. The lowest BCUT2D eigenvalue weighted by Gasteiger charge is -2.18. The Hall–Kier alpha value is -0.820. The van der Waals surface area contributed by atoms with Crippen LogP contribution >= 0.6 is 0 Å². The molecule has 1 N–H and O–H groups in total. The van der Waals surface area contributed by atoms with Gasteiger partial charge < -0.3 is 5.11 Å². The highest BCUT2D eigenvalue weighted by atomic mass is 16.3. The van der Waals surface area contributed by atoms with Gasteiger partial charge in [0.25, 0.3) is 0 Å². The van der Waals surface area contributed by atoms with Crippen molar-refractivity contribution in [2.75, 3.05) is 0 Å². The lowest BCUT2D eigenvalue weighted by Crippen LogP contribution is -2.10. The van der Waals surface area contributed by atoms with Crippen LogP contribution in [0, 0.1) is 6.07 Å². The molecule has 1 aromatic carbocycles. The Bertz CT molecular complexity index is 241. The van der Waals surface area contributed by atoms with E-state index in [1.165, 1.54) is 5.56 Å². The first-order valence-electron chi connectivity index (χ1n) is 4.16. The number of hydrogen-bond acceptors (Lipinski definition) is 1. The molecule has 1 radical (unpaired) electrons. The van der Waals surface area contributed by atoms with E-state index in [0.717, 1.165) is 5.56 Å². The molecule has 0 saturated carbocycles. The van der Waals surface area contributed by atoms with Crippen molar-refractivity contribution in [1.29, 1.82) is 0 Å². The summed E-state index contributed by atoms with van der Waals surface area (Å²) in [7, 11) is 0. The number of benzene rings is 1. The Morgan fingerprint density at radius 2 is 2.00 bits per heavy atom. The molecule has 0 bridgehead atoms. The van der Waals surface area contributed by atoms with Crippen LogP contribution in [-0.2, 0) is 12.0 Å². The molecule has 1 aromatic rings. The third-order valence-electron chi connectivity index (χ3n) is 1.87. The number of aliphatic hydroxyl groups is 1. The molecule has 0 aliphatic carbocycles. The minimum Gasteiger partial charge on any atom is -0.392 e. The van der Waals surface area contributed by atoms with Gasteiger partial charge in [-0.15, -0.1) is 0 Å². The van der Waals surface area contributed by atoms with Crippen molar-refractivity contribution >= 4 is 0 Å². The summed E-state index contributed by atoms with van der Waals surface area (Å²) in [6.07, 6.45) is 0. The van der Waals surface area contributed by atoms with Crippen LogP contribution in [-0.4, -0.2) is 5.11 Å². The van der Waals surface area contributed by atoms with E-state index in [4.69, 9.17) is 5.11 Å². The summed E-state index contributed by atoms with van der Waals surface area (Å²) < 4.78 is 0. The highest BCUT2D eigenvalue weighted by Crippen LogP contribution is 2.21. The zero-order valence-electron chi connectivity index (χ0n) is 7.89. The zero-order chi connectivity index (χ0) is 9.19. The van der Waals surface area contributed by atoms with Gasteiger partial charge in [0.05, 0.1) is 6.61 Å². The predicted octanol–water partition coefficient (Wildman–Crippen LogP) is 2.28. The van der Waals surface area contributed by atoms with Crippen LogP contribution < -0.4 is 0 Å². The van der Waals surface area contributed by atoms with Gasteiger partial charge in [0.1, 0.15) is 0 Å². The second-order valence-corrected chi connectivity index (χ2v) is 4.02. The van der Waals surface area contributed by atoms with Crippen LogP contribution in [0.4, 0.5) is 0 Å². The van der Waals surface area contributed by atoms with Crippen molar-refractivity contribution in [3.63, 3.8) is 0 Å². The van der Waals surface area contributed by atoms with Crippen LogP contribution in [0.25, 0.3) is 0 Å². The first-order chi connectivity index (χ1) is 5.54. The molecule has 0 amide bonds. The first-order valence-corrected chi connectivity index (χ1v) is 4.16. The van der Waals surface area contributed by atoms with Crippen molar-refractivity contribution < 1.29 is 5.11 Å². The van der Waals surface area contributed by atoms with Crippen molar-refractivity contribution in [1.82, 2.24) is 0 Å². The summed E-state index contributed by atoms with van der Waals surface area (Å²) in [5, 5.41) is 8.81. The largest absolute Gasteiger partial charge is 0.392 e. The normalized spacial score (nSPS) is 11.7. The maximum Gasteiger partial charge on any atom is 0.0682 e. The van der Waals surface area contributed by atoms with Crippen molar-refractivity contribution in [3.05, 3.63) is 35.4 Å². The SMILES string of the molecule is CC(C)(C)c1[c]cc(CO)cc1. The quantitative estimate of drug-likeness (QED) is 0.673. The fourth-order valence-corrected chi connectivity index (χ4v) is 1.02. The van der Waals surface area contributed by atoms with Crippen molar-refractivity contribution in [2.24, 2.45) is 0 Å². The van der Waals surface area contributed by atoms with Gasteiger partial charge in [0.2, 0.25) is 0 Å². The Balaban J connectivity index is 2.93. The van der Waals surface area contributed by atoms with E-state index < -0.39 is 0 Å². The molecule has 1 nitrogen and oxygen atoms in total. The fraction of sp³-hybridized carbons (Fsp3) is 0.455. The Morgan fingerprint density at radius 3 is 2.33 bits per heavy atom. The Labute approximate surface area is 74.1 Å². The lowest BCUT2D eigenvalue weighted by molar-refractivity contribution is 0.281. The lowest BCUT2D eigenvalue weighted by atomic mass is 9.87. The van der Waals surface area contributed by atoms with Crippen molar-refractivity contribution in [3.8, 4) is 0 Å². The Kier molecular flexibility index (Phi) is 2.53. The smallest absolute Gasteiger partial charge is 0.0682 e. The van der Waals surface area contributed by atoms with E-state index in [9.17, 15) is 0 Å². The monoisotopic (exact) mass is 163 g/mol. The van der Waals surface area contributed by atoms with E-state index in [2.05, 4.69) is 26.8 Å². The molecule has 0 heterocycles. The third kappa shape index (κ3) is 2.08. The average Bonchev–Trinajstić information content (AvgIpc) is 2.03. The minimum atomic E-state index is 0.0981. The zero-order valence-corrected chi connectivity index (χ0v) is 7.89. The molecule has 12 heavy (non-hydrogen) atoms. The summed E-state index contributed by atoms with van der Waals surface area (Å²) in [4.78, 5) is 0. The predicted molar refractivity (Wildman–Crippen MR) is 49.9 cm³/mol. The van der Waals surface area contributed by atoms with Gasteiger partial charge in [-0.25, -0.2) is 0 Å². The van der Waals surface area contributed by atoms with Gasteiger partial charge in [-0.1, -0.05) is 32.9 Å². The van der Waals surface area contributed by atoms with E-state index >= 15 is 0 Å². The summed E-state index contributed by atoms with van der Waals surface area (Å²) in [5.74, 6) is 0. The summed E-state index contributed by atoms with van der Waals surface area (Å²) in [6.45, 7) is 6.55. The highest BCUT2D eigenvalue weighted by molar-refractivity contribution is 5.25. The fourth-order valence-electron chi connectivity index (χ4n) is 1.02. The Morgan fingerprint density at radius 1 is 1.33 bits per heavy atom. The summed E-state index contributed by atoms with van der Waals surface area (Å²) in [6, 6.07) is 8.98.